The molecule has 138 valence electrons. The Balaban J connectivity index is 1.64. The third-order valence-electron chi connectivity index (χ3n) is 3.70. The first-order valence-corrected chi connectivity index (χ1v) is 8.80. The Labute approximate surface area is 154 Å². The number of carbonyl (C=O) groups is 2. The van der Waals surface area contributed by atoms with Gasteiger partial charge in [0.05, 0.1) is 11.9 Å². The molecule has 0 saturated carbocycles. The zero-order valence-corrected chi connectivity index (χ0v) is 15.0. The Morgan fingerprint density at radius 1 is 1.04 bits per heavy atom. The van der Waals surface area contributed by atoms with Crippen molar-refractivity contribution in [2.24, 2.45) is 0 Å². The summed E-state index contributed by atoms with van der Waals surface area (Å²) in [6.07, 6.45) is 4.61. The summed E-state index contributed by atoms with van der Waals surface area (Å²) in [5.41, 5.74) is 1.73. The first-order chi connectivity index (χ1) is 12.6. The fraction of sp³-hybridized carbons (Fsp3) is 0.350. The zero-order valence-electron chi connectivity index (χ0n) is 15.0. The van der Waals surface area contributed by atoms with E-state index in [1.807, 2.05) is 30.3 Å². The van der Waals surface area contributed by atoms with Gasteiger partial charge in [0.1, 0.15) is 6.61 Å². The van der Waals surface area contributed by atoms with Crippen molar-refractivity contribution in [2.75, 3.05) is 11.9 Å². The minimum Gasteiger partial charge on any atom is -0.473 e. The number of ether oxygens (including phenoxy) is 1. The van der Waals surface area contributed by atoms with Gasteiger partial charge < -0.3 is 15.4 Å². The molecule has 6 heteroatoms. The average Bonchev–Trinajstić information content (AvgIpc) is 2.64. The summed E-state index contributed by atoms with van der Waals surface area (Å²) in [7, 11) is 0. The summed E-state index contributed by atoms with van der Waals surface area (Å²) < 4.78 is 5.62. The van der Waals surface area contributed by atoms with Gasteiger partial charge in [-0.1, -0.05) is 36.8 Å². The lowest BCUT2D eigenvalue weighted by molar-refractivity contribution is -0.119. The van der Waals surface area contributed by atoms with Gasteiger partial charge >= 0.3 is 0 Å². The number of hydrogen-bond donors (Lipinski definition) is 2. The van der Waals surface area contributed by atoms with Crippen molar-refractivity contribution in [2.45, 2.75) is 39.2 Å². The van der Waals surface area contributed by atoms with E-state index in [0.29, 0.717) is 31.1 Å². The van der Waals surface area contributed by atoms with Crippen LogP contribution < -0.4 is 15.4 Å². The third kappa shape index (κ3) is 7.79. The van der Waals surface area contributed by atoms with E-state index in [2.05, 4.69) is 15.6 Å². The van der Waals surface area contributed by atoms with Crippen LogP contribution in [0.15, 0.2) is 48.7 Å². The van der Waals surface area contributed by atoms with Crippen molar-refractivity contribution in [3.63, 3.8) is 0 Å². The lowest BCUT2D eigenvalue weighted by Crippen LogP contribution is -2.20. The number of amides is 2. The lowest BCUT2D eigenvalue weighted by Gasteiger charge is -2.08. The fourth-order valence-corrected chi connectivity index (χ4v) is 2.35. The molecule has 0 bridgehead atoms. The van der Waals surface area contributed by atoms with E-state index < -0.39 is 0 Å². The van der Waals surface area contributed by atoms with Crippen LogP contribution in [0.2, 0.25) is 0 Å². The van der Waals surface area contributed by atoms with Crippen LogP contribution in [0.5, 0.6) is 5.88 Å². The number of rotatable bonds is 10. The molecule has 0 aliphatic heterocycles. The van der Waals surface area contributed by atoms with E-state index >= 15 is 0 Å². The van der Waals surface area contributed by atoms with E-state index in [1.54, 1.807) is 18.3 Å². The monoisotopic (exact) mass is 355 g/mol. The van der Waals surface area contributed by atoms with Crippen LogP contribution in [0.4, 0.5) is 5.69 Å². The van der Waals surface area contributed by atoms with Crippen LogP contribution in [0.1, 0.15) is 38.2 Å². The van der Waals surface area contributed by atoms with Gasteiger partial charge in [0, 0.05) is 26.0 Å². The normalized spacial score (nSPS) is 10.2. The molecule has 2 aromatic rings. The number of unbranched alkanes of at least 4 members (excludes halogenated alkanes) is 2. The zero-order chi connectivity index (χ0) is 18.6. The maximum Gasteiger partial charge on any atom is 0.224 e. The van der Waals surface area contributed by atoms with E-state index in [9.17, 15) is 9.59 Å². The second-order valence-corrected chi connectivity index (χ2v) is 6.00. The van der Waals surface area contributed by atoms with Gasteiger partial charge in [0.15, 0.2) is 0 Å². The Bertz CT molecular complexity index is 687. The highest BCUT2D eigenvalue weighted by molar-refractivity contribution is 5.90. The maximum atomic E-state index is 11.9. The summed E-state index contributed by atoms with van der Waals surface area (Å²) in [6.45, 7) is 2.61. The average molecular weight is 355 g/mol. The van der Waals surface area contributed by atoms with Crippen molar-refractivity contribution < 1.29 is 14.3 Å². The molecule has 26 heavy (non-hydrogen) atoms. The molecule has 1 aromatic heterocycles. The first kappa shape index (κ1) is 19.4. The van der Waals surface area contributed by atoms with Crippen LogP contribution in [0, 0.1) is 0 Å². The lowest BCUT2D eigenvalue weighted by atomic mass is 10.2. The van der Waals surface area contributed by atoms with Crippen molar-refractivity contribution in [1.29, 1.82) is 0 Å². The number of anilines is 1. The molecule has 0 fully saturated rings. The molecule has 1 heterocycles. The molecule has 0 aliphatic rings. The SMILES string of the molecule is CC(=O)NCCCCCC(=O)Nc1ccc(OCc2ccccc2)nc1. The first-order valence-electron chi connectivity index (χ1n) is 8.80. The standard InChI is InChI=1S/C20H25N3O3/c1-16(24)21-13-7-3-6-10-19(25)23-18-11-12-20(22-14-18)26-15-17-8-4-2-5-9-17/h2,4-5,8-9,11-12,14H,3,6-7,10,13,15H2,1H3,(H,21,24)(H,23,25). The van der Waals surface area contributed by atoms with Crippen LogP contribution in [0.25, 0.3) is 0 Å². The predicted molar refractivity (Wildman–Crippen MR) is 101 cm³/mol. The topological polar surface area (TPSA) is 80.3 Å². The van der Waals surface area contributed by atoms with Crippen LogP contribution in [0.3, 0.4) is 0 Å². The minimum atomic E-state index is -0.0377. The van der Waals surface area contributed by atoms with Crippen molar-refractivity contribution in [3.05, 3.63) is 54.2 Å². The molecule has 0 aliphatic carbocycles. The van der Waals surface area contributed by atoms with Gasteiger partial charge in [-0.2, -0.15) is 0 Å². The largest absolute Gasteiger partial charge is 0.473 e. The summed E-state index contributed by atoms with van der Waals surface area (Å²) in [5.74, 6) is 0.459. The van der Waals surface area contributed by atoms with Gasteiger partial charge in [-0.15, -0.1) is 0 Å². The van der Waals surface area contributed by atoms with Gasteiger partial charge in [0.25, 0.3) is 0 Å². The van der Waals surface area contributed by atoms with Crippen molar-refractivity contribution in [3.8, 4) is 5.88 Å². The number of pyridine rings is 1. The molecule has 0 radical (unpaired) electrons. The Hall–Kier alpha value is -2.89. The summed E-state index contributed by atoms with van der Waals surface area (Å²) in [5, 5.41) is 5.57. The van der Waals surface area contributed by atoms with Crippen molar-refractivity contribution >= 4 is 17.5 Å². The highest BCUT2D eigenvalue weighted by Crippen LogP contribution is 2.14. The number of carbonyl (C=O) groups excluding carboxylic acids is 2. The van der Waals surface area contributed by atoms with Gasteiger partial charge in [-0.25, -0.2) is 4.98 Å². The Morgan fingerprint density at radius 3 is 2.54 bits per heavy atom. The van der Waals surface area contributed by atoms with Crippen LogP contribution in [-0.4, -0.2) is 23.3 Å². The molecule has 2 N–H and O–H groups in total. The molecule has 2 rings (SSSR count). The molecule has 0 atom stereocenters. The summed E-state index contributed by atoms with van der Waals surface area (Å²) >= 11 is 0. The number of benzene rings is 1. The molecular weight excluding hydrogens is 330 g/mol. The van der Waals surface area contributed by atoms with E-state index in [1.165, 1.54) is 6.92 Å². The molecular formula is C20H25N3O3. The van der Waals surface area contributed by atoms with Gasteiger partial charge in [-0.05, 0) is 24.5 Å². The third-order valence-corrected chi connectivity index (χ3v) is 3.70. The Morgan fingerprint density at radius 2 is 1.85 bits per heavy atom. The van der Waals surface area contributed by atoms with Crippen LogP contribution >= 0.6 is 0 Å². The number of nitrogens with zero attached hydrogens (tertiary/aromatic N) is 1. The van der Waals surface area contributed by atoms with Gasteiger partial charge in [0.2, 0.25) is 17.7 Å². The van der Waals surface area contributed by atoms with Gasteiger partial charge in [-0.3, -0.25) is 9.59 Å². The highest BCUT2D eigenvalue weighted by atomic mass is 16.5. The number of aromatic nitrogens is 1. The predicted octanol–water partition coefficient (Wildman–Crippen LogP) is 3.30. The quantitative estimate of drug-likeness (QED) is 0.641. The summed E-state index contributed by atoms with van der Waals surface area (Å²) in [4.78, 5) is 26.9. The second kappa shape index (κ2) is 10.9. The molecule has 0 spiro atoms. The number of nitrogens with one attached hydrogen (secondary N) is 2. The smallest absolute Gasteiger partial charge is 0.224 e. The number of hydrogen-bond acceptors (Lipinski definition) is 4. The highest BCUT2D eigenvalue weighted by Gasteiger charge is 2.04. The molecule has 6 nitrogen and oxygen atoms in total. The van der Waals surface area contributed by atoms with E-state index in [0.717, 1.165) is 24.8 Å². The molecule has 2 amide bonds. The fourth-order valence-electron chi connectivity index (χ4n) is 2.35. The second-order valence-electron chi connectivity index (χ2n) is 6.00. The molecule has 1 aromatic carbocycles. The van der Waals surface area contributed by atoms with E-state index in [4.69, 9.17) is 4.74 Å². The van der Waals surface area contributed by atoms with E-state index in [-0.39, 0.29) is 11.8 Å². The maximum absolute atomic E-state index is 11.9. The van der Waals surface area contributed by atoms with Crippen molar-refractivity contribution in [1.82, 2.24) is 10.3 Å². The Kier molecular flexibility index (Phi) is 8.12. The summed E-state index contributed by atoms with van der Waals surface area (Å²) in [6, 6.07) is 13.4. The molecule has 0 unspecified atom stereocenters. The van der Waals surface area contributed by atoms with Crippen LogP contribution in [-0.2, 0) is 16.2 Å². The minimum absolute atomic E-state index is 0.0218. The molecule has 0 saturated heterocycles.